The van der Waals surface area contributed by atoms with E-state index in [0.29, 0.717) is 5.69 Å². The van der Waals surface area contributed by atoms with E-state index in [1.54, 1.807) is 12.1 Å². The van der Waals surface area contributed by atoms with Gasteiger partial charge >= 0.3 is 12.1 Å². The molecule has 5 rings (SSSR count). The van der Waals surface area contributed by atoms with Gasteiger partial charge in [-0.2, -0.15) is 0 Å². The number of guanidine groups is 1. The molecule has 1 unspecified atom stereocenters. The second kappa shape index (κ2) is 13.4. The van der Waals surface area contributed by atoms with Crippen LogP contribution in [0.5, 0.6) is 0 Å². The number of benzene rings is 3. The maximum atomic E-state index is 13.3. The largest absolute Gasteiger partial charge is 0.480 e. The highest BCUT2D eigenvalue weighted by Crippen LogP contribution is 2.44. The Labute approximate surface area is 256 Å². The van der Waals surface area contributed by atoms with E-state index < -0.39 is 62.0 Å². The number of anilines is 1. The van der Waals surface area contributed by atoms with Gasteiger partial charge < -0.3 is 36.4 Å². The molecule has 0 bridgehead atoms. The molecule has 0 aromatic heterocycles. The smallest absolute Gasteiger partial charge is 0.407 e. The van der Waals surface area contributed by atoms with Crippen molar-refractivity contribution in [3.8, 4) is 11.1 Å². The third kappa shape index (κ3) is 7.71. The first-order valence-corrected chi connectivity index (χ1v) is 14.0. The van der Waals surface area contributed by atoms with Crippen molar-refractivity contribution >= 4 is 35.5 Å². The number of carbonyl (C=O) groups excluding carboxylic acids is 3. The number of amides is 3. The van der Waals surface area contributed by atoms with E-state index in [1.807, 2.05) is 48.5 Å². The van der Waals surface area contributed by atoms with Crippen molar-refractivity contribution in [2.45, 2.75) is 17.9 Å². The van der Waals surface area contributed by atoms with Gasteiger partial charge in [0.1, 0.15) is 19.2 Å². The number of nitrogens with one attached hydrogen (secondary N) is 5. The monoisotopic (exact) mass is 620 g/mol. The predicted molar refractivity (Wildman–Crippen MR) is 160 cm³/mol. The van der Waals surface area contributed by atoms with E-state index in [2.05, 4.69) is 31.6 Å². The zero-order chi connectivity index (χ0) is 32.0. The summed E-state index contributed by atoms with van der Waals surface area (Å²) in [6.45, 7) is -2.18. The summed E-state index contributed by atoms with van der Waals surface area (Å²) in [7, 11) is 0. The van der Waals surface area contributed by atoms with Crippen molar-refractivity contribution < 1.29 is 37.8 Å². The minimum atomic E-state index is -2.94. The van der Waals surface area contributed by atoms with Crippen LogP contribution in [0, 0.1) is 0 Å². The average Bonchev–Trinajstić information content (AvgIpc) is 3.35. The fourth-order valence-electron chi connectivity index (χ4n) is 5.00. The summed E-state index contributed by atoms with van der Waals surface area (Å²) in [6, 6.07) is 20.2. The molecule has 3 aromatic carbocycles. The molecule has 0 spiro atoms. The fourth-order valence-corrected chi connectivity index (χ4v) is 5.00. The molecule has 45 heavy (non-hydrogen) atoms. The topological polar surface area (TPSA) is 170 Å². The summed E-state index contributed by atoms with van der Waals surface area (Å²) in [5.74, 6) is -5.70. The standard InChI is InChI=1S/C31H30F2N6O6/c32-31(33)16-36-29(37-17-31)38-19-7-5-6-18(12-19)27(41)35-14-26(40)34-13-25(28(42)43)39-30(44)45-15-24-22-10-3-1-8-20(22)21-9-2-4-11-23(21)24/h1-12,24-25H,13-17H2,(H,34,40)(H,35,41)(H,39,44)(H,42,43)(H2,36,37,38). The number of halogens is 2. The molecule has 0 fully saturated rings. The van der Waals surface area contributed by atoms with Crippen LogP contribution in [-0.2, 0) is 14.3 Å². The highest BCUT2D eigenvalue weighted by atomic mass is 19.3. The van der Waals surface area contributed by atoms with Gasteiger partial charge in [-0.25, -0.2) is 23.4 Å². The van der Waals surface area contributed by atoms with Crippen LogP contribution in [-0.4, -0.2) is 79.7 Å². The van der Waals surface area contributed by atoms with Gasteiger partial charge in [0, 0.05) is 23.7 Å². The van der Waals surface area contributed by atoms with Gasteiger partial charge in [0.15, 0.2) is 5.96 Å². The summed E-state index contributed by atoms with van der Waals surface area (Å²) in [6.07, 6.45) is -0.955. The number of carbonyl (C=O) groups is 4. The SMILES string of the molecule is O=C(CNC(=O)c1cccc(NC2=NCC(F)(F)CN2)c1)NCC(NC(=O)OCC1c2ccccc2-c2ccccc21)C(=O)O. The first kappa shape index (κ1) is 30.9. The molecule has 2 aliphatic rings. The van der Waals surface area contributed by atoms with Gasteiger partial charge in [-0.05, 0) is 40.5 Å². The molecule has 0 radical (unpaired) electrons. The highest BCUT2D eigenvalue weighted by Gasteiger charge is 2.32. The molecule has 14 heteroatoms. The molecule has 1 aliphatic carbocycles. The molecule has 6 N–H and O–H groups in total. The van der Waals surface area contributed by atoms with Crippen LogP contribution in [0.2, 0.25) is 0 Å². The number of alkyl carbamates (subject to hydrolysis) is 1. The maximum absolute atomic E-state index is 13.3. The third-order valence-corrected chi connectivity index (χ3v) is 7.22. The Balaban J connectivity index is 1.07. The number of carboxylic acids is 1. The van der Waals surface area contributed by atoms with E-state index in [1.165, 1.54) is 12.1 Å². The Hall–Kier alpha value is -5.53. The lowest BCUT2D eigenvalue weighted by Crippen LogP contribution is -2.50. The molecule has 0 saturated carbocycles. The molecule has 234 valence electrons. The van der Waals surface area contributed by atoms with Gasteiger partial charge in [-0.1, -0.05) is 54.6 Å². The van der Waals surface area contributed by atoms with Gasteiger partial charge in [0.2, 0.25) is 5.91 Å². The third-order valence-electron chi connectivity index (χ3n) is 7.22. The lowest BCUT2D eigenvalue weighted by molar-refractivity contribution is -0.139. The van der Waals surface area contributed by atoms with Crippen molar-refractivity contribution in [1.29, 1.82) is 0 Å². The van der Waals surface area contributed by atoms with E-state index in [-0.39, 0.29) is 24.0 Å². The van der Waals surface area contributed by atoms with Gasteiger partial charge in [-0.3, -0.25) is 9.59 Å². The average molecular weight is 621 g/mol. The second-order valence-electron chi connectivity index (χ2n) is 10.4. The zero-order valence-electron chi connectivity index (χ0n) is 23.8. The number of ether oxygens (including phenoxy) is 1. The van der Waals surface area contributed by atoms with Crippen LogP contribution in [0.1, 0.15) is 27.4 Å². The first-order valence-electron chi connectivity index (χ1n) is 14.0. The summed E-state index contributed by atoms with van der Waals surface area (Å²) >= 11 is 0. The highest BCUT2D eigenvalue weighted by molar-refractivity contribution is 5.99. The van der Waals surface area contributed by atoms with Crippen LogP contribution in [0.15, 0.2) is 77.8 Å². The number of alkyl halides is 2. The van der Waals surface area contributed by atoms with Crippen molar-refractivity contribution in [2.24, 2.45) is 4.99 Å². The Kier molecular flexibility index (Phi) is 9.21. The minimum Gasteiger partial charge on any atom is -0.480 e. The second-order valence-corrected chi connectivity index (χ2v) is 10.4. The Morgan fingerprint density at radius 1 is 0.978 bits per heavy atom. The first-order chi connectivity index (χ1) is 21.6. The maximum Gasteiger partial charge on any atom is 0.407 e. The summed E-state index contributed by atoms with van der Waals surface area (Å²) in [4.78, 5) is 52.9. The van der Waals surface area contributed by atoms with Crippen LogP contribution < -0.4 is 26.6 Å². The Morgan fingerprint density at radius 3 is 2.31 bits per heavy atom. The number of aliphatic imine (C=N–C) groups is 1. The van der Waals surface area contributed by atoms with E-state index in [0.717, 1.165) is 22.3 Å². The number of rotatable bonds is 10. The van der Waals surface area contributed by atoms with E-state index in [9.17, 15) is 33.1 Å². The van der Waals surface area contributed by atoms with E-state index >= 15 is 0 Å². The molecular formula is C31H30F2N6O6. The number of fused-ring (bicyclic) bond motifs is 3. The number of carboxylic acid groups (broad SMARTS) is 1. The van der Waals surface area contributed by atoms with Crippen LogP contribution in [0.3, 0.4) is 0 Å². The molecule has 3 amide bonds. The molecule has 1 atom stereocenters. The molecule has 1 aliphatic heterocycles. The molecule has 1 heterocycles. The van der Waals surface area contributed by atoms with E-state index in [4.69, 9.17) is 4.74 Å². The fraction of sp³-hybridized carbons (Fsp3) is 0.258. The number of nitrogens with zero attached hydrogens (tertiary/aromatic N) is 1. The summed E-state index contributed by atoms with van der Waals surface area (Å²) in [5, 5.41) is 21.9. The predicted octanol–water partition coefficient (Wildman–Crippen LogP) is 2.53. The summed E-state index contributed by atoms with van der Waals surface area (Å²) in [5.41, 5.74) is 4.68. The van der Waals surface area contributed by atoms with Gasteiger partial charge in [0.25, 0.3) is 11.8 Å². The van der Waals surface area contributed by atoms with Crippen LogP contribution in [0.25, 0.3) is 11.1 Å². The molecule has 12 nitrogen and oxygen atoms in total. The number of aliphatic carboxylic acids is 1. The summed E-state index contributed by atoms with van der Waals surface area (Å²) < 4.78 is 31.9. The minimum absolute atomic E-state index is 0.0120. The number of hydrogen-bond acceptors (Lipinski definition) is 8. The Bertz CT molecular complexity index is 1600. The lowest BCUT2D eigenvalue weighted by atomic mass is 9.98. The molecular weight excluding hydrogens is 590 g/mol. The quantitative estimate of drug-likeness (QED) is 0.201. The van der Waals surface area contributed by atoms with Crippen molar-refractivity contribution in [1.82, 2.24) is 21.3 Å². The van der Waals surface area contributed by atoms with Crippen molar-refractivity contribution in [3.63, 3.8) is 0 Å². The molecule has 0 saturated heterocycles. The van der Waals surface area contributed by atoms with Crippen LogP contribution >= 0.6 is 0 Å². The van der Waals surface area contributed by atoms with Crippen LogP contribution in [0.4, 0.5) is 19.3 Å². The normalized spacial score (nSPS) is 15.3. The van der Waals surface area contributed by atoms with Crippen molar-refractivity contribution in [2.75, 3.05) is 38.1 Å². The number of hydrogen-bond donors (Lipinski definition) is 6. The zero-order valence-corrected chi connectivity index (χ0v) is 23.8. The van der Waals surface area contributed by atoms with Crippen molar-refractivity contribution in [3.05, 3.63) is 89.5 Å². The lowest BCUT2D eigenvalue weighted by Gasteiger charge is -2.23. The van der Waals surface area contributed by atoms with Gasteiger partial charge in [0.05, 0.1) is 13.1 Å². The Morgan fingerprint density at radius 2 is 1.67 bits per heavy atom. The van der Waals surface area contributed by atoms with Gasteiger partial charge in [-0.15, -0.1) is 0 Å². The molecule has 3 aromatic rings.